The van der Waals surface area contributed by atoms with Gasteiger partial charge in [0.2, 0.25) is 5.91 Å². The molecule has 124 valence electrons. The van der Waals surface area contributed by atoms with Crippen LogP contribution in [0.5, 0.6) is 0 Å². The van der Waals surface area contributed by atoms with Crippen molar-refractivity contribution < 1.29 is 18.7 Å². The molecule has 1 aromatic heterocycles. The molecule has 0 saturated carbocycles. The third-order valence-corrected chi connectivity index (χ3v) is 4.16. The number of carbonyl (C=O) groups is 1. The van der Waals surface area contributed by atoms with E-state index in [1.54, 1.807) is 7.11 Å². The van der Waals surface area contributed by atoms with Crippen molar-refractivity contribution in [3.05, 3.63) is 30.2 Å². The number of fused-ring (bicyclic) bond motifs is 1. The summed E-state index contributed by atoms with van der Waals surface area (Å²) < 4.78 is 16.0. The number of para-hydroxylation sites is 2. The van der Waals surface area contributed by atoms with Gasteiger partial charge in [-0.1, -0.05) is 12.1 Å². The molecule has 0 atom stereocenters. The molecule has 1 aliphatic rings. The Morgan fingerprint density at radius 3 is 2.83 bits per heavy atom. The second kappa shape index (κ2) is 7.57. The van der Waals surface area contributed by atoms with Crippen molar-refractivity contribution >= 4 is 17.0 Å². The van der Waals surface area contributed by atoms with E-state index in [0.717, 1.165) is 42.9 Å². The van der Waals surface area contributed by atoms with Crippen LogP contribution < -0.4 is 0 Å². The first-order chi connectivity index (χ1) is 11.3. The third kappa shape index (κ3) is 3.89. The van der Waals surface area contributed by atoms with Crippen LogP contribution in [0.3, 0.4) is 0 Å². The minimum atomic E-state index is 0.0390. The SMILES string of the molecule is COCCOCC(=O)N1CCC(c2nc3ccccc3o2)CC1. The molecule has 1 saturated heterocycles. The predicted molar refractivity (Wildman–Crippen MR) is 85.3 cm³/mol. The molecule has 2 aromatic rings. The molecule has 0 unspecified atom stereocenters. The van der Waals surface area contributed by atoms with E-state index in [-0.39, 0.29) is 18.4 Å². The lowest BCUT2D eigenvalue weighted by atomic mass is 9.97. The fourth-order valence-corrected chi connectivity index (χ4v) is 2.83. The normalized spacial score (nSPS) is 16.1. The zero-order valence-electron chi connectivity index (χ0n) is 13.4. The first-order valence-electron chi connectivity index (χ1n) is 7.98. The zero-order valence-corrected chi connectivity index (χ0v) is 13.4. The lowest BCUT2D eigenvalue weighted by Crippen LogP contribution is -2.40. The van der Waals surface area contributed by atoms with E-state index in [1.165, 1.54) is 0 Å². The minimum absolute atomic E-state index is 0.0390. The molecule has 2 heterocycles. The molecule has 1 fully saturated rings. The van der Waals surface area contributed by atoms with E-state index in [9.17, 15) is 4.79 Å². The Morgan fingerprint density at radius 1 is 1.30 bits per heavy atom. The molecule has 1 aromatic carbocycles. The van der Waals surface area contributed by atoms with E-state index < -0.39 is 0 Å². The number of benzene rings is 1. The summed E-state index contributed by atoms with van der Waals surface area (Å²) in [6, 6.07) is 7.79. The number of hydrogen-bond acceptors (Lipinski definition) is 5. The molecule has 6 heteroatoms. The van der Waals surface area contributed by atoms with E-state index in [1.807, 2.05) is 29.2 Å². The van der Waals surface area contributed by atoms with Gasteiger partial charge in [0.15, 0.2) is 11.5 Å². The Kier molecular flexibility index (Phi) is 5.25. The van der Waals surface area contributed by atoms with Gasteiger partial charge in [0.05, 0.1) is 13.2 Å². The highest BCUT2D eigenvalue weighted by molar-refractivity contribution is 5.77. The first kappa shape index (κ1) is 16.0. The Balaban J connectivity index is 1.50. The molecule has 1 amide bonds. The van der Waals surface area contributed by atoms with Crippen LogP contribution in [0.15, 0.2) is 28.7 Å². The Morgan fingerprint density at radius 2 is 2.09 bits per heavy atom. The van der Waals surface area contributed by atoms with Crippen LogP contribution in [0.1, 0.15) is 24.7 Å². The lowest BCUT2D eigenvalue weighted by molar-refractivity contribution is -0.137. The summed E-state index contributed by atoms with van der Waals surface area (Å²) in [5.74, 6) is 1.10. The molecule has 1 aliphatic heterocycles. The fraction of sp³-hybridized carbons (Fsp3) is 0.529. The molecule has 0 aliphatic carbocycles. The number of carbonyl (C=O) groups excluding carboxylic acids is 1. The van der Waals surface area contributed by atoms with Crippen molar-refractivity contribution in [3.63, 3.8) is 0 Å². The lowest BCUT2D eigenvalue weighted by Gasteiger charge is -2.30. The molecule has 0 bridgehead atoms. The topological polar surface area (TPSA) is 64.8 Å². The average molecular weight is 318 g/mol. The fourth-order valence-electron chi connectivity index (χ4n) is 2.83. The number of oxazole rings is 1. The summed E-state index contributed by atoms with van der Waals surface area (Å²) in [7, 11) is 1.61. The number of likely N-dealkylation sites (tertiary alicyclic amines) is 1. The van der Waals surface area contributed by atoms with Gasteiger partial charge in [0.1, 0.15) is 12.1 Å². The summed E-state index contributed by atoms with van der Waals surface area (Å²) in [5, 5.41) is 0. The number of piperidine rings is 1. The number of ether oxygens (including phenoxy) is 2. The van der Waals surface area contributed by atoms with Crippen LogP contribution in [0.25, 0.3) is 11.1 Å². The van der Waals surface area contributed by atoms with Gasteiger partial charge in [-0.25, -0.2) is 4.98 Å². The van der Waals surface area contributed by atoms with Gasteiger partial charge in [0, 0.05) is 26.1 Å². The maximum atomic E-state index is 12.1. The molecular weight excluding hydrogens is 296 g/mol. The maximum Gasteiger partial charge on any atom is 0.248 e. The van der Waals surface area contributed by atoms with E-state index >= 15 is 0 Å². The molecule has 6 nitrogen and oxygen atoms in total. The monoisotopic (exact) mass is 318 g/mol. The summed E-state index contributed by atoms with van der Waals surface area (Å²) in [5.41, 5.74) is 1.72. The van der Waals surface area contributed by atoms with Crippen LogP contribution in [0.4, 0.5) is 0 Å². The van der Waals surface area contributed by atoms with Crippen LogP contribution in [0, 0.1) is 0 Å². The second-order valence-electron chi connectivity index (χ2n) is 5.72. The highest BCUT2D eigenvalue weighted by Gasteiger charge is 2.26. The molecule has 3 rings (SSSR count). The van der Waals surface area contributed by atoms with Crippen molar-refractivity contribution in [2.24, 2.45) is 0 Å². The van der Waals surface area contributed by atoms with Gasteiger partial charge in [-0.05, 0) is 25.0 Å². The largest absolute Gasteiger partial charge is 0.440 e. The standard InChI is InChI=1S/C17H22N2O4/c1-21-10-11-22-12-16(20)19-8-6-13(7-9-19)17-18-14-4-2-3-5-15(14)23-17/h2-5,13H,6-12H2,1H3. The number of amides is 1. The second-order valence-corrected chi connectivity index (χ2v) is 5.72. The third-order valence-electron chi connectivity index (χ3n) is 4.16. The summed E-state index contributed by atoms with van der Waals surface area (Å²) in [4.78, 5) is 18.5. The van der Waals surface area contributed by atoms with Crippen molar-refractivity contribution in [1.82, 2.24) is 9.88 Å². The van der Waals surface area contributed by atoms with E-state index in [0.29, 0.717) is 13.2 Å². The van der Waals surface area contributed by atoms with Crippen molar-refractivity contribution in [2.45, 2.75) is 18.8 Å². The van der Waals surface area contributed by atoms with Gasteiger partial charge in [-0.2, -0.15) is 0 Å². The van der Waals surface area contributed by atoms with Crippen molar-refractivity contribution in [3.8, 4) is 0 Å². The highest BCUT2D eigenvalue weighted by Crippen LogP contribution is 2.29. The molecule has 0 radical (unpaired) electrons. The average Bonchev–Trinajstić information content (AvgIpc) is 3.03. The van der Waals surface area contributed by atoms with E-state index in [2.05, 4.69) is 4.98 Å². The summed E-state index contributed by atoms with van der Waals surface area (Å²) in [6.45, 7) is 2.51. The Hall–Kier alpha value is -1.92. The van der Waals surface area contributed by atoms with Crippen molar-refractivity contribution in [1.29, 1.82) is 0 Å². The molecule has 0 N–H and O–H groups in total. The highest BCUT2D eigenvalue weighted by atomic mass is 16.5. The van der Waals surface area contributed by atoms with Crippen LogP contribution in [-0.4, -0.2) is 55.8 Å². The Bertz CT molecular complexity index is 614. The smallest absolute Gasteiger partial charge is 0.248 e. The van der Waals surface area contributed by atoms with Crippen molar-refractivity contribution in [2.75, 3.05) is 40.0 Å². The maximum absolute atomic E-state index is 12.1. The number of aromatic nitrogens is 1. The van der Waals surface area contributed by atoms with E-state index in [4.69, 9.17) is 13.9 Å². The predicted octanol–water partition coefficient (Wildman–Crippen LogP) is 2.20. The van der Waals surface area contributed by atoms with Gasteiger partial charge < -0.3 is 18.8 Å². The number of rotatable bonds is 6. The molecule has 0 spiro atoms. The Labute approximate surface area is 135 Å². The minimum Gasteiger partial charge on any atom is -0.440 e. The summed E-state index contributed by atoms with van der Waals surface area (Å²) >= 11 is 0. The summed E-state index contributed by atoms with van der Waals surface area (Å²) in [6.07, 6.45) is 1.74. The molecular formula is C17H22N2O4. The van der Waals surface area contributed by atoms with Crippen LogP contribution >= 0.6 is 0 Å². The first-order valence-corrected chi connectivity index (χ1v) is 7.98. The van der Waals surface area contributed by atoms with Gasteiger partial charge in [-0.3, -0.25) is 4.79 Å². The van der Waals surface area contributed by atoms with Crippen LogP contribution in [0.2, 0.25) is 0 Å². The quantitative estimate of drug-likeness (QED) is 0.764. The number of methoxy groups -OCH3 is 1. The van der Waals surface area contributed by atoms with Crippen LogP contribution in [-0.2, 0) is 14.3 Å². The van der Waals surface area contributed by atoms with Gasteiger partial charge >= 0.3 is 0 Å². The zero-order chi connectivity index (χ0) is 16.1. The molecule has 23 heavy (non-hydrogen) atoms. The number of hydrogen-bond donors (Lipinski definition) is 0. The van der Waals surface area contributed by atoms with Gasteiger partial charge in [-0.15, -0.1) is 0 Å². The number of nitrogens with zero attached hydrogens (tertiary/aromatic N) is 2. The van der Waals surface area contributed by atoms with Gasteiger partial charge in [0.25, 0.3) is 0 Å².